The van der Waals surface area contributed by atoms with E-state index in [0.717, 1.165) is 13.2 Å². The zero-order chi connectivity index (χ0) is 19.0. The van der Waals surface area contributed by atoms with Crippen LogP contribution in [-0.2, 0) is 10.7 Å². The van der Waals surface area contributed by atoms with Crippen molar-refractivity contribution in [3.05, 3.63) is 46.8 Å². The van der Waals surface area contributed by atoms with Crippen LogP contribution in [0.2, 0.25) is 0 Å². The van der Waals surface area contributed by atoms with Crippen LogP contribution in [0.3, 0.4) is 0 Å². The lowest BCUT2D eigenvalue weighted by molar-refractivity contribution is -0.296. The van der Waals surface area contributed by atoms with Crippen LogP contribution in [0.15, 0.2) is 28.8 Å². The predicted molar refractivity (Wildman–Crippen MR) is 72.1 cm³/mol. The highest BCUT2D eigenvalue weighted by atomic mass is 19.4. The van der Waals surface area contributed by atoms with Crippen molar-refractivity contribution in [3.63, 3.8) is 0 Å². The molecule has 1 aromatic heterocycles. The highest BCUT2D eigenvalue weighted by Crippen LogP contribution is 2.46. The number of nitrogens with zero attached hydrogens (tertiary/aromatic N) is 1. The second-order valence-electron chi connectivity index (χ2n) is 4.71. The number of hydrogen-bond acceptors (Lipinski definition) is 6. The number of nitrogens with two attached hydrogens (primary N) is 1. The van der Waals surface area contributed by atoms with Gasteiger partial charge in [-0.3, -0.25) is 4.79 Å². The Kier molecular flexibility index (Phi) is 4.51. The number of esters is 1. The van der Waals surface area contributed by atoms with Gasteiger partial charge in [-0.25, -0.2) is 4.79 Å². The average molecular weight is 364 g/mol. The van der Waals surface area contributed by atoms with Gasteiger partial charge in [-0.15, -0.1) is 0 Å². The molecule has 0 aliphatic carbocycles. The zero-order valence-corrected chi connectivity index (χ0v) is 12.4. The molecule has 0 atom stereocenters. The fourth-order valence-corrected chi connectivity index (χ4v) is 1.91. The van der Waals surface area contributed by atoms with Crippen LogP contribution < -0.4 is 5.73 Å². The molecular formula is C14H9F5N2O4. The highest BCUT2D eigenvalue weighted by molar-refractivity contribution is 6.15. The van der Waals surface area contributed by atoms with E-state index in [1.807, 2.05) is 0 Å². The van der Waals surface area contributed by atoms with Gasteiger partial charge in [-0.1, -0.05) is 23.4 Å². The molecule has 0 radical (unpaired) electrons. The molecule has 11 heteroatoms. The first-order valence-corrected chi connectivity index (χ1v) is 6.44. The van der Waals surface area contributed by atoms with E-state index in [1.165, 1.54) is 18.2 Å². The second-order valence-corrected chi connectivity index (χ2v) is 4.71. The number of ether oxygens (including phenoxy) is 1. The standard InChI is InChI=1S/C14H9F5N2O4/c1-24-12(23)7-5-3-2-4-6(7)10(22)9-8(20)11(25-21-9)13(15,16)14(17,18)19/h2-5H,20H2,1H3. The van der Waals surface area contributed by atoms with Crippen LogP contribution in [-0.4, -0.2) is 30.2 Å². The summed E-state index contributed by atoms with van der Waals surface area (Å²) in [5.41, 5.74) is 2.36. The molecule has 25 heavy (non-hydrogen) atoms. The summed E-state index contributed by atoms with van der Waals surface area (Å²) in [7, 11) is 1.04. The lowest BCUT2D eigenvalue weighted by atomic mass is 10.0. The number of aromatic nitrogens is 1. The molecule has 134 valence electrons. The zero-order valence-electron chi connectivity index (χ0n) is 12.4. The minimum Gasteiger partial charge on any atom is -0.465 e. The Morgan fingerprint density at radius 1 is 1.12 bits per heavy atom. The first-order chi connectivity index (χ1) is 11.5. The van der Waals surface area contributed by atoms with Crippen molar-refractivity contribution in [1.82, 2.24) is 5.16 Å². The number of carbonyl (C=O) groups is 2. The average Bonchev–Trinajstić information content (AvgIpc) is 2.94. The SMILES string of the molecule is COC(=O)c1ccccc1C(=O)c1noc(C(F)(F)C(F)(F)F)c1N. The van der Waals surface area contributed by atoms with E-state index in [9.17, 15) is 31.5 Å². The lowest BCUT2D eigenvalue weighted by Crippen LogP contribution is -2.34. The smallest absolute Gasteiger partial charge is 0.461 e. The maximum Gasteiger partial charge on any atom is 0.461 e. The fourth-order valence-electron chi connectivity index (χ4n) is 1.91. The van der Waals surface area contributed by atoms with Crippen molar-refractivity contribution in [2.75, 3.05) is 12.8 Å². The Morgan fingerprint density at radius 3 is 2.20 bits per heavy atom. The number of alkyl halides is 5. The quantitative estimate of drug-likeness (QED) is 0.509. The van der Waals surface area contributed by atoms with Gasteiger partial charge in [0.25, 0.3) is 0 Å². The number of benzene rings is 1. The molecule has 0 fully saturated rings. The normalized spacial score (nSPS) is 12.1. The maximum atomic E-state index is 13.3. The number of nitrogen functional groups attached to an aromatic ring is 1. The summed E-state index contributed by atoms with van der Waals surface area (Å²) in [6.07, 6.45) is -6.00. The van der Waals surface area contributed by atoms with E-state index < -0.39 is 41.0 Å². The molecule has 0 unspecified atom stereocenters. The number of hydrogen-bond donors (Lipinski definition) is 1. The topological polar surface area (TPSA) is 95.4 Å². The summed E-state index contributed by atoms with van der Waals surface area (Å²) in [5, 5.41) is 2.92. The van der Waals surface area contributed by atoms with E-state index in [0.29, 0.717) is 0 Å². The Bertz CT molecular complexity index is 829. The Morgan fingerprint density at radius 2 is 1.68 bits per heavy atom. The van der Waals surface area contributed by atoms with Gasteiger partial charge in [0, 0.05) is 5.56 Å². The minimum absolute atomic E-state index is 0.249. The van der Waals surface area contributed by atoms with Gasteiger partial charge < -0.3 is 15.0 Å². The molecule has 0 saturated heterocycles. The molecule has 6 nitrogen and oxygen atoms in total. The van der Waals surface area contributed by atoms with Crippen molar-refractivity contribution < 1.29 is 40.8 Å². The third kappa shape index (κ3) is 3.04. The van der Waals surface area contributed by atoms with Crippen molar-refractivity contribution in [2.24, 2.45) is 0 Å². The summed E-state index contributed by atoms with van der Waals surface area (Å²) in [5.74, 6) is -9.54. The monoisotopic (exact) mass is 364 g/mol. The van der Waals surface area contributed by atoms with Gasteiger partial charge in [0.1, 0.15) is 5.69 Å². The molecule has 0 spiro atoms. The summed E-state index contributed by atoms with van der Waals surface area (Å²) in [6, 6.07) is 5.05. The van der Waals surface area contributed by atoms with E-state index >= 15 is 0 Å². The maximum absolute atomic E-state index is 13.3. The molecule has 0 bridgehead atoms. The van der Waals surface area contributed by atoms with Crippen LogP contribution in [0.4, 0.5) is 27.6 Å². The number of methoxy groups -OCH3 is 1. The molecule has 2 rings (SSSR count). The molecule has 2 N–H and O–H groups in total. The van der Waals surface area contributed by atoms with Crippen molar-refractivity contribution in [2.45, 2.75) is 12.1 Å². The molecule has 0 aliphatic rings. The third-order valence-electron chi connectivity index (χ3n) is 3.16. The van der Waals surface area contributed by atoms with Crippen LogP contribution in [0.25, 0.3) is 0 Å². The third-order valence-corrected chi connectivity index (χ3v) is 3.16. The van der Waals surface area contributed by atoms with Gasteiger partial charge in [-0.05, 0) is 6.07 Å². The predicted octanol–water partition coefficient (Wildman–Crippen LogP) is 2.93. The number of carbonyl (C=O) groups excluding carboxylic acids is 2. The molecule has 0 aliphatic heterocycles. The van der Waals surface area contributed by atoms with Crippen molar-refractivity contribution in [1.29, 1.82) is 0 Å². The lowest BCUT2D eigenvalue weighted by Gasteiger charge is -2.16. The van der Waals surface area contributed by atoms with E-state index in [2.05, 4.69) is 14.4 Å². The Labute approximate surface area is 136 Å². The van der Waals surface area contributed by atoms with Gasteiger partial charge in [0.05, 0.1) is 12.7 Å². The number of rotatable bonds is 4. The molecule has 2 aromatic rings. The molecule has 0 amide bonds. The first kappa shape index (κ1) is 18.4. The number of halogens is 5. The number of ketones is 1. The van der Waals surface area contributed by atoms with Crippen molar-refractivity contribution >= 4 is 17.4 Å². The summed E-state index contributed by atoms with van der Waals surface area (Å²) < 4.78 is 72.3. The van der Waals surface area contributed by atoms with Crippen LogP contribution >= 0.6 is 0 Å². The van der Waals surface area contributed by atoms with Gasteiger partial charge in [0.15, 0.2) is 5.69 Å². The van der Waals surface area contributed by atoms with Gasteiger partial charge in [-0.2, -0.15) is 22.0 Å². The summed E-state index contributed by atoms with van der Waals surface area (Å²) in [6.45, 7) is 0. The van der Waals surface area contributed by atoms with Gasteiger partial charge in [0.2, 0.25) is 11.5 Å². The molecule has 1 heterocycles. The second kappa shape index (κ2) is 6.15. The van der Waals surface area contributed by atoms with E-state index in [4.69, 9.17) is 5.73 Å². The highest BCUT2D eigenvalue weighted by Gasteiger charge is 2.63. The van der Waals surface area contributed by atoms with E-state index in [-0.39, 0.29) is 11.1 Å². The molecular weight excluding hydrogens is 355 g/mol. The van der Waals surface area contributed by atoms with Crippen molar-refractivity contribution in [3.8, 4) is 0 Å². The van der Waals surface area contributed by atoms with Gasteiger partial charge >= 0.3 is 18.1 Å². The molecule has 0 saturated carbocycles. The van der Waals surface area contributed by atoms with Crippen LogP contribution in [0.5, 0.6) is 0 Å². The fraction of sp³-hybridized carbons (Fsp3) is 0.214. The molecule has 1 aromatic carbocycles. The summed E-state index contributed by atoms with van der Waals surface area (Å²) in [4.78, 5) is 24.0. The van der Waals surface area contributed by atoms with E-state index in [1.54, 1.807) is 0 Å². The first-order valence-electron chi connectivity index (χ1n) is 6.44. The largest absolute Gasteiger partial charge is 0.465 e. The number of anilines is 1. The Hall–Kier alpha value is -2.98. The van der Waals surface area contributed by atoms with Crippen LogP contribution in [0.1, 0.15) is 32.2 Å². The summed E-state index contributed by atoms with van der Waals surface area (Å²) >= 11 is 0. The van der Waals surface area contributed by atoms with Crippen LogP contribution in [0, 0.1) is 0 Å². The Balaban J connectivity index is 2.53. The minimum atomic E-state index is -6.00.